The van der Waals surface area contributed by atoms with E-state index in [4.69, 9.17) is 47.9 Å². The van der Waals surface area contributed by atoms with Gasteiger partial charge >= 0.3 is 6.18 Å². The third-order valence-corrected chi connectivity index (χ3v) is 28.2. The lowest BCUT2D eigenvalue weighted by atomic mass is 9.97. The minimum atomic E-state index is -4.46. The molecule has 0 aliphatic carbocycles. The maximum absolute atomic E-state index is 13.1. The van der Waals surface area contributed by atoms with Gasteiger partial charge in [-0.3, -0.25) is 28.9 Å². The number of alkyl halides is 3. The number of unbranched alkanes of at least 4 members (excludes halogenated alkanes) is 2. The highest BCUT2D eigenvalue weighted by Gasteiger charge is 2.33. The van der Waals surface area contributed by atoms with Gasteiger partial charge in [0.1, 0.15) is 34.3 Å². The number of amides is 4. The Kier molecular flexibility index (Phi) is 49.6. The number of thiophene rings is 1. The Morgan fingerprint density at radius 2 is 0.986 bits per heavy atom. The first-order chi connectivity index (χ1) is 67.8. The van der Waals surface area contributed by atoms with Crippen molar-refractivity contribution in [2.24, 2.45) is 0 Å². The molecule has 0 aliphatic heterocycles. The van der Waals surface area contributed by atoms with Gasteiger partial charge in [0.05, 0.1) is 64.8 Å². The predicted molar refractivity (Wildman–Crippen MR) is 580 cm³/mol. The van der Waals surface area contributed by atoms with E-state index >= 15 is 0 Å². The Bertz CT molecular complexity index is 6370. The van der Waals surface area contributed by atoms with Gasteiger partial charge < -0.3 is 55.3 Å². The van der Waals surface area contributed by atoms with Crippen molar-refractivity contribution in [2.75, 3.05) is 125 Å². The maximum atomic E-state index is 13.1. The summed E-state index contributed by atoms with van der Waals surface area (Å²) in [5.41, 5.74) is 15.3. The molecular formula is C111H130Cl2F3N11O10S5. The molecule has 0 atom stereocenters. The summed E-state index contributed by atoms with van der Waals surface area (Å²) < 4.78 is 85.2. The van der Waals surface area contributed by atoms with Crippen LogP contribution in [0.1, 0.15) is 178 Å². The zero-order valence-corrected chi connectivity index (χ0v) is 89.6. The first kappa shape index (κ1) is 117. The molecule has 0 aliphatic rings. The van der Waals surface area contributed by atoms with Gasteiger partial charge in [-0.05, 0) is 338 Å². The van der Waals surface area contributed by atoms with E-state index in [9.17, 15) is 45.9 Å². The fourth-order valence-corrected chi connectivity index (χ4v) is 20.1. The van der Waals surface area contributed by atoms with Crippen LogP contribution in [0.25, 0.3) is 0 Å². The van der Waals surface area contributed by atoms with Gasteiger partial charge in [-0.2, -0.15) is 23.7 Å². The highest BCUT2D eigenvalue weighted by Crippen LogP contribution is 2.38. The lowest BCUT2D eigenvalue weighted by Gasteiger charge is -2.17. The molecule has 142 heavy (non-hydrogen) atoms. The molecule has 0 unspecified atom stereocenters. The number of thioether (sulfide) groups is 3. The molecule has 0 spiro atoms. The highest BCUT2D eigenvalue weighted by molar-refractivity contribution is 8.00. The second kappa shape index (κ2) is 60.0. The topological polar surface area (TPSA) is 281 Å². The van der Waals surface area contributed by atoms with Crippen LogP contribution in [0.3, 0.4) is 0 Å². The smallest absolute Gasteiger partial charge is 0.416 e. The number of nitrogens with zero attached hydrogens (tertiary/aromatic N) is 6. The second-order valence-electron chi connectivity index (χ2n) is 33.8. The Morgan fingerprint density at radius 1 is 0.479 bits per heavy atom. The van der Waals surface area contributed by atoms with E-state index in [-0.39, 0.29) is 40.5 Å². The van der Waals surface area contributed by atoms with Gasteiger partial charge in [0.2, 0.25) is 0 Å². The van der Waals surface area contributed by atoms with Crippen LogP contribution in [0.5, 0.6) is 17.2 Å². The number of carbonyl (C=O) groups excluding carboxylic acids is 4. The fraction of sp³-hybridized carbons (Fsp3) is 0.324. The minimum absolute atomic E-state index is 0.0849. The Labute approximate surface area is 863 Å². The maximum Gasteiger partial charge on any atom is 0.416 e. The molecule has 0 fully saturated rings. The van der Waals surface area contributed by atoms with Crippen molar-refractivity contribution in [3.05, 3.63) is 333 Å². The number of hydrogen-bond acceptors (Lipinski definition) is 20. The van der Waals surface area contributed by atoms with E-state index in [1.54, 1.807) is 91.1 Å². The fourth-order valence-electron chi connectivity index (χ4n) is 14.2. The van der Waals surface area contributed by atoms with E-state index in [1.807, 2.05) is 190 Å². The number of sulfonamides is 1. The van der Waals surface area contributed by atoms with E-state index in [0.717, 1.165) is 159 Å². The first-order valence-corrected chi connectivity index (χ1v) is 52.9. The van der Waals surface area contributed by atoms with Crippen molar-refractivity contribution >= 4 is 132 Å². The number of carbonyl (C=O) groups is 4. The number of nitrogens with one attached hydrogen (secondary N) is 5. The molecule has 31 heteroatoms. The molecule has 0 saturated carbocycles. The van der Waals surface area contributed by atoms with Gasteiger partial charge in [-0.25, -0.2) is 8.42 Å². The summed E-state index contributed by atoms with van der Waals surface area (Å²) >= 11 is 18.4. The summed E-state index contributed by atoms with van der Waals surface area (Å²) in [4.78, 5) is 64.4. The van der Waals surface area contributed by atoms with Crippen molar-refractivity contribution in [1.82, 2.24) is 19.7 Å². The number of hydrogen-bond donors (Lipinski definition) is 6. The summed E-state index contributed by atoms with van der Waals surface area (Å²) in [6.45, 7) is 24.9. The summed E-state index contributed by atoms with van der Waals surface area (Å²) in [5.74, 6) is 3.01. The van der Waals surface area contributed by atoms with Crippen molar-refractivity contribution in [3.8, 4) is 29.4 Å². The average molecular weight is 2070 g/mol. The lowest BCUT2D eigenvalue weighted by Crippen LogP contribution is -2.21. The summed E-state index contributed by atoms with van der Waals surface area (Å²) in [7, 11) is 8.25. The number of ether oxygens (including phenoxy) is 3. The van der Waals surface area contributed by atoms with Crippen LogP contribution in [0.2, 0.25) is 10.0 Å². The molecule has 0 bridgehead atoms. The van der Waals surface area contributed by atoms with E-state index in [2.05, 4.69) is 106 Å². The van der Waals surface area contributed by atoms with Crippen LogP contribution < -0.4 is 40.2 Å². The molecule has 10 aromatic carbocycles. The molecule has 6 N–H and O–H groups in total. The number of halogens is 5. The normalized spacial score (nSPS) is 10.9. The van der Waals surface area contributed by atoms with Gasteiger partial charge in [0.15, 0.2) is 0 Å². The number of nitriles is 2. The lowest BCUT2D eigenvalue weighted by molar-refractivity contribution is -0.138. The van der Waals surface area contributed by atoms with E-state index in [0.29, 0.717) is 92.5 Å². The number of likely N-dealkylation sites (N-methyl/N-ethyl adjacent to an activating group) is 1. The molecule has 754 valence electrons. The number of aryl methyl sites for hydroxylation is 10. The molecule has 21 nitrogen and oxygen atoms in total. The standard InChI is InChI=1S/C21H28ClNOS.C20H22N2O.C19H21F3N2OS.C19H24N2O3.C18H23ClN2O3S2.C14H12N2OS/c1-5-24-20-7-6-8-21(25-14-13-23(3)4)18(20)11-9-17-10-12-19(22)16(2)15-17;1-4-5-8-16-9-6-7-14(2)19(16)20(23)22-18-11-10-17(13-21)15(3)12-18;1-4-5-6-15-17(16(26-3)9-10-23-15)18(25)24-13-8-7-12(2)14(11-13)19(20,21)22;1-4-23-16-11-8-12-17(24-14-13-21(2)3)18(16)19(22)20-15-9-6-5-7-10-15;1-13-11-15(7-8-16(13)19)20-26(23,24)18-14(12-22)5-4-6-17(18)25-10-9-21(2)3;1-9-5-6-18-13(9)14(17)16-12-4-3-11(8-15)10(2)7-12/h6-8,10,12,15H,5,9,11,13-14H2,1-4H3;6-7,9-12H,4-5,8H2,1-3H3,(H,22,23);7-11H,4-6H2,1-3H3,(H,24,25);5-12H,4,13-14H2,1-3H3,(H,20,22);4-8,11,20,22H,9-10,12H2,1-3H3;3-7H,1-2H3,(H,16,17). The molecule has 4 amide bonds. The summed E-state index contributed by atoms with van der Waals surface area (Å²) in [6.07, 6.45) is 6.57. The molecular weight excluding hydrogens is 1940 g/mol. The predicted octanol–water partition coefficient (Wildman–Crippen LogP) is 26.3. The van der Waals surface area contributed by atoms with Crippen LogP contribution in [-0.4, -0.2) is 156 Å². The third-order valence-electron chi connectivity index (χ3n) is 21.8. The number of anilines is 5. The van der Waals surface area contributed by atoms with Crippen molar-refractivity contribution in [1.29, 1.82) is 10.5 Å². The van der Waals surface area contributed by atoms with Crippen molar-refractivity contribution in [3.63, 3.8) is 0 Å². The number of para-hydroxylation sites is 1. The SMILES string of the molecule is CCCCc1cccc(C)c1C(=O)Nc1ccc(C#N)c(C)c1.CCCCc1nccc(SC)c1C(=O)Nc1ccc(C)c(C(F)(F)F)c1.CCOc1cccc(OCCN(C)C)c1C(=O)Nc1ccccc1.CCOc1cccc(SCCN(C)C)c1CCc1ccc(Cl)c(C)c1.Cc1cc(NC(=O)c2sccc2C)ccc1C#N.Cc1cc(NS(=O)(=O)c2c(CO)cccc2SCCN(C)C)ccc1Cl. The van der Waals surface area contributed by atoms with E-state index < -0.39 is 27.7 Å². The first-order valence-electron chi connectivity index (χ1n) is 46.6. The largest absolute Gasteiger partial charge is 0.494 e. The molecule has 0 saturated heterocycles. The van der Waals surface area contributed by atoms with E-state index in [1.165, 1.54) is 69.9 Å². The highest BCUT2D eigenvalue weighted by atomic mass is 35.5. The molecule has 0 radical (unpaired) electrons. The number of rotatable bonds is 38. The number of aliphatic hydroxyl groups excluding tert-OH is 1. The van der Waals surface area contributed by atoms with Crippen LogP contribution >= 0.6 is 69.8 Å². The van der Waals surface area contributed by atoms with Crippen molar-refractivity contribution in [2.45, 2.75) is 160 Å². The Morgan fingerprint density at radius 3 is 1.55 bits per heavy atom. The third kappa shape index (κ3) is 37.6. The van der Waals surface area contributed by atoms with Gasteiger partial charge in [0, 0.05) is 102 Å². The summed E-state index contributed by atoms with van der Waals surface area (Å²) in [5, 5.41) is 42.1. The molecule has 2 aromatic heterocycles. The number of aromatic nitrogens is 1. The zero-order chi connectivity index (χ0) is 104. The number of pyridine rings is 1. The Hall–Kier alpha value is -11.7. The summed E-state index contributed by atoms with van der Waals surface area (Å²) in [6, 6.07) is 65.8. The van der Waals surface area contributed by atoms with Crippen LogP contribution in [0.4, 0.5) is 41.6 Å². The van der Waals surface area contributed by atoms with Crippen LogP contribution in [-0.2, 0) is 48.5 Å². The van der Waals surface area contributed by atoms with Gasteiger partial charge in [-0.1, -0.05) is 129 Å². The van der Waals surface area contributed by atoms with Crippen LogP contribution in [0.15, 0.2) is 237 Å². The zero-order valence-electron chi connectivity index (χ0n) is 84.0. The molecule has 2 heterocycles. The monoisotopic (exact) mass is 2060 g/mol. The number of aliphatic hydroxyl groups is 1. The molecule has 12 rings (SSSR count). The van der Waals surface area contributed by atoms with Crippen molar-refractivity contribution < 1.29 is 60.1 Å². The van der Waals surface area contributed by atoms with Crippen LogP contribution in [0, 0.1) is 71.1 Å². The molecule has 12 aromatic rings. The quantitative estimate of drug-likeness (QED) is 0.0196. The van der Waals surface area contributed by atoms with Gasteiger partial charge in [-0.15, -0.1) is 46.6 Å². The van der Waals surface area contributed by atoms with Gasteiger partial charge in [0.25, 0.3) is 33.7 Å². The minimum Gasteiger partial charge on any atom is -0.494 e. The average Bonchev–Trinajstić information content (AvgIpc) is 1.09. The number of benzene rings is 10. The Balaban J connectivity index is 0.000000232. The second-order valence-corrected chi connectivity index (χ2v) is 40.3.